The van der Waals surface area contributed by atoms with Gasteiger partial charge in [-0.1, -0.05) is 42.4 Å². The SMILES string of the molecule is CCc1nnc(CSC2=N/C(=C\c3ccc4c(c3)OCO4)C(=O)N2c2ccc(C)cc2)o1. The van der Waals surface area contributed by atoms with Crippen molar-refractivity contribution in [2.24, 2.45) is 4.99 Å². The molecule has 162 valence electrons. The van der Waals surface area contributed by atoms with Crippen LogP contribution in [0.5, 0.6) is 11.5 Å². The average Bonchev–Trinajstić information content (AvgIpc) is 3.52. The third kappa shape index (κ3) is 3.99. The molecule has 1 amide bonds. The lowest BCUT2D eigenvalue weighted by Crippen LogP contribution is -2.30. The van der Waals surface area contributed by atoms with Gasteiger partial charge in [-0.05, 0) is 42.8 Å². The van der Waals surface area contributed by atoms with Gasteiger partial charge in [-0.15, -0.1) is 10.2 Å². The van der Waals surface area contributed by atoms with E-state index in [-0.39, 0.29) is 12.7 Å². The first-order valence-corrected chi connectivity index (χ1v) is 11.1. The van der Waals surface area contributed by atoms with Gasteiger partial charge in [-0.25, -0.2) is 4.99 Å². The van der Waals surface area contributed by atoms with Crippen LogP contribution in [0, 0.1) is 6.92 Å². The van der Waals surface area contributed by atoms with E-state index in [4.69, 9.17) is 13.9 Å². The van der Waals surface area contributed by atoms with Crippen LogP contribution < -0.4 is 14.4 Å². The van der Waals surface area contributed by atoms with Crippen molar-refractivity contribution in [3.63, 3.8) is 0 Å². The summed E-state index contributed by atoms with van der Waals surface area (Å²) in [4.78, 5) is 19.6. The monoisotopic (exact) mass is 448 g/mol. The number of aliphatic imine (C=N–C) groups is 1. The minimum absolute atomic E-state index is 0.198. The lowest BCUT2D eigenvalue weighted by molar-refractivity contribution is -0.113. The first kappa shape index (κ1) is 20.3. The van der Waals surface area contributed by atoms with Crippen LogP contribution in [-0.4, -0.2) is 28.1 Å². The molecule has 5 rings (SSSR count). The number of amidine groups is 1. The molecule has 0 fully saturated rings. The molecular formula is C23H20N4O4S. The Morgan fingerprint density at radius 2 is 1.84 bits per heavy atom. The van der Waals surface area contributed by atoms with Crippen molar-refractivity contribution in [2.45, 2.75) is 26.0 Å². The van der Waals surface area contributed by atoms with E-state index in [2.05, 4.69) is 15.2 Å². The predicted octanol–water partition coefficient (Wildman–Crippen LogP) is 4.35. The highest BCUT2D eigenvalue weighted by Crippen LogP contribution is 2.35. The summed E-state index contributed by atoms with van der Waals surface area (Å²) in [6.45, 7) is 4.16. The Kier molecular flexibility index (Phi) is 5.40. The van der Waals surface area contributed by atoms with Crippen molar-refractivity contribution in [1.82, 2.24) is 10.2 Å². The van der Waals surface area contributed by atoms with Crippen LogP contribution in [0.2, 0.25) is 0 Å². The fourth-order valence-corrected chi connectivity index (χ4v) is 4.14. The third-order valence-corrected chi connectivity index (χ3v) is 5.88. The number of aromatic nitrogens is 2. The predicted molar refractivity (Wildman–Crippen MR) is 122 cm³/mol. The number of fused-ring (bicyclic) bond motifs is 1. The summed E-state index contributed by atoms with van der Waals surface area (Å²) in [7, 11) is 0. The Hall–Kier alpha value is -3.59. The number of nitrogens with zero attached hydrogens (tertiary/aromatic N) is 4. The van der Waals surface area contributed by atoms with Crippen LogP contribution >= 0.6 is 11.8 Å². The van der Waals surface area contributed by atoms with Gasteiger partial charge in [0.2, 0.25) is 18.6 Å². The van der Waals surface area contributed by atoms with Gasteiger partial charge in [-0.2, -0.15) is 0 Å². The fourth-order valence-electron chi connectivity index (χ4n) is 3.29. The van der Waals surface area contributed by atoms with Crippen LogP contribution in [0.25, 0.3) is 6.08 Å². The zero-order chi connectivity index (χ0) is 22.1. The van der Waals surface area contributed by atoms with Gasteiger partial charge in [0.05, 0.1) is 11.4 Å². The van der Waals surface area contributed by atoms with E-state index in [0.717, 1.165) is 16.8 Å². The highest BCUT2D eigenvalue weighted by molar-refractivity contribution is 8.13. The number of carbonyl (C=O) groups is 1. The van der Waals surface area contributed by atoms with Crippen molar-refractivity contribution in [3.05, 3.63) is 71.1 Å². The molecule has 1 aromatic heterocycles. The molecule has 32 heavy (non-hydrogen) atoms. The number of aryl methyl sites for hydroxylation is 2. The number of benzene rings is 2. The van der Waals surface area contributed by atoms with Gasteiger partial charge in [0, 0.05) is 6.42 Å². The zero-order valence-corrected chi connectivity index (χ0v) is 18.4. The van der Waals surface area contributed by atoms with E-state index >= 15 is 0 Å². The smallest absolute Gasteiger partial charge is 0.283 e. The number of thioether (sulfide) groups is 1. The van der Waals surface area contributed by atoms with Crippen LogP contribution in [0.4, 0.5) is 5.69 Å². The van der Waals surface area contributed by atoms with Gasteiger partial charge in [0.1, 0.15) is 5.70 Å². The quantitative estimate of drug-likeness (QED) is 0.536. The minimum atomic E-state index is -0.200. The number of hydrogen-bond donors (Lipinski definition) is 0. The van der Waals surface area contributed by atoms with Gasteiger partial charge in [0.15, 0.2) is 16.7 Å². The number of carbonyl (C=O) groups excluding carboxylic acids is 1. The molecule has 0 N–H and O–H groups in total. The Balaban J connectivity index is 1.45. The summed E-state index contributed by atoms with van der Waals surface area (Å²) in [5, 5.41) is 8.61. The maximum Gasteiger partial charge on any atom is 0.283 e. The van der Waals surface area contributed by atoms with Crippen LogP contribution in [0.3, 0.4) is 0 Å². The van der Waals surface area contributed by atoms with Gasteiger partial charge in [-0.3, -0.25) is 9.69 Å². The van der Waals surface area contributed by atoms with Gasteiger partial charge in [0.25, 0.3) is 5.91 Å². The Labute approximate surface area is 188 Å². The minimum Gasteiger partial charge on any atom is -0.454 e. The van der Waals surface area contributed by atoms with Gasteiger partial charge >= 0.3 is 0 Å². The Morgan fingerprint density at radius 1 is 1.06 bits per heavy atom. The van der Waals surface area contributed by atoms with Crippen LogP contribution in [0.1, 0.15) is 29.8 Å². The third-order valence-electron chi connectivity index (χ3n) is 4.96. The van der Waals surface area contributed by atoms with Crippen molar-refractivity contribution in [1.29, 1.82) is 0 Å². The summed E-state index contributed by atoms with van der Waals surface area (Å²) in [5.41, 5.74) is 3.01. The lowest BCUT2D eigenvalue weighted by Gasteiger charge is -2.17. The summed E-state index contributed by atoms with van der Waals surface area (Å²) in [6, 6.07) is 13.3. The molecule has 0 saturated carbocycles. The molecule has 0 spiro atoms. The molecule has 0 aliphatic carbocycles. The molecule has 0 radical (unpaired) electrons. The molecule has 2 aromatic carbocycles. The Bertz CT molecular complexity index is 1230. The number of anilines is 1. The molecule has 0 bridgehead atoms. The second-order valence-corrected chi connectivity index (χ2v) is 8.19. The first-order valence-electron chi connectivity index (χ1n) is 10.2. The maximum absolute atomic E-state index is 13.3. The van der Waals surface area contributed by atoms with Crippen molar-refractivity contribution < 1.29 is 18.7 Å². The van der Waals surface area contributed by atoms with Crippen LogP contribution in [0.15, 0.2) is 57.6 Å². The highest BCUT2D eigenvalue weighted by Gasteiger charge is 2.32. The largest absolute Gasteiger partial charge is 0.454 e. The van der Waals surface area contributed by atoms with Crippen LogP contribution in [-0.2, 0) is 17.0 Å². The first-order chi connectivity index (χ1) is 15.6. The zero-order valence-electron chi connectivity index (χ0n) is 17.6. The number of ether oxygens (including phenoxy) is 2. The van der Waals surface area contributed by atoms with Gasteiger partial charge < -0.3 is 13.9 Å². The molecule has 8 nitrogen and oxygen atoms in total. The number of rotatable bonds is 5. The molecule has 3 heterocycles. The topological polar surface area (TPSA) is 90.1 Å². The molecular weight excluding hydrogens is 428 g/mol. The standard InChI is InChI=1S/C23H20N4O4S/c1-3-20-25-26-21(31-20)12-32-23-24-17(10-15-6-9-18-19(11-15)30-13-29-18)22(28)27(23)16-7-4-14(2)5-8-16/h4-11H,3,12-13H2,1-2H3/b17-10-. The molecule has 0 atom stereocenters. The van der Waals surface area contributed by atoms with E-state index in [0.29, 0.717) is 46.3 Å². The number of amides is 1. The molecule has 0 saturated heterocycles. The lowest BCUT2D eigenvalue weighted by atomic mass is 10.1. The molecule has 0 unspecified atom stereocenters. The van der Waals surface area contributed by atoms with E-state index in [1.807, 2.05) is 56.3 Å². The Morgan fingerprint density at radius 3 is 2.62 bits per heavy atom. The average molecular weight is 449 g/mol. The maximum atomic E-state index is 13.3. The highest BCUT2D eigenvalue weighted by atomic mass is 32.2. The van der Waals surface area contributed by atoms with E-state index < -0.39 is 0 Å². The normalized spacial score (nSPS) is 16.2. The van der Waals surface area contributed by atoms with E-state index in [1.54, 1.807) is 11.0 Å². The van der Waals surface area contributed by atoms with E-state index in [1.165, 1.54) is 11.8 Å². The fraction of sp³-hybridized carbons (Fsp3) is 0.217. The number of hydrogen-bond acceptors (Lipinski definition) is 8. The summed E-state index contributed by atoms with van der Waals surface area (Å²) in [6.07, 6.45) is 2.43. The summed E-state index contributed by atoms with van der Waals surface area (Å²) < 4.78 is 16.4. The molecule has 2 aliphatic rings. The van der Waals surface area contributed by atoms with E-state index in [9.17, 15) is 4.79 Å². The second kappa shape index (κ2) is 8.51. The summed E-state index contributed by atoms with van der Waals surface area (Å²) >= 11 is 1.38. The summed E-state index contributed by atoms with van der Waals surface area (Å²) in [5.74, 6) is 2.65. The molecule has 2 aliphatic heterocycles. The second-order valence-electron chi connectivity index (χ2n) is 7.24. The van der Waals surface area contributed by atoms with Crippen molar-refractivity contribution in [3.8, 4) is 11.5 Å². The van der Waals surface area contributed by atoms with Crippen molar-refractivity contribution >= 4 is 34.6 Å². The van der Waals surface area contributed by atoms with Crippen molar-refractivity contribution in [2.75, 3.05) is 11.7 Å². The molecule has 9 heteroatoms. The molecule has 3 aromatic rings.